The zero-order chi connectivity index (χ0) is 27.7. The fraction of sp³-hybridized carbons (Fsp3) is 0.333. The number of benzene rings is 3. The van der Waals surface area contributed by atoms with Crippen LogP contribution in [0.25, 0.3) is 0 Å². The Kier molecular flexibility index (Phi) is 7.32. The quantitative estimate of drug-likeness (QED) is 0.367. The Bertz CT molecular complexity index is 1360. The fourth-order valence-electron chi connectivity index (χ4n) is 5.78. The molecule has 0 bridgehead atoms. The number of likely N-dealkylation sites (tertiary alicyclic amines) is 1. The number of methoxy groups -OCH3 is 4. The number of rotatable bonds is 7. The lowest BCUT2D eigenvalue weighted by Crippen LogP contribution is -2.67. The van der Waals surface area contributed by atoms with E-state index in [2.05, 4.69) is 0 Å². The van der Waals surface area contributed by atoms with Crippen molar-refractivity contribution in [1.29, 1.82) is 0 Å². The van der Waals surface area contributed by atoms with Crippen LogP contribution in [0, 0.1) is 5.41 Å². The first-order valence-electron chi connectivity index (χ1n) is 12.7. The minimum atomic E-state index is -0.622. The van der Waals surface area contributed by atoms with Crippen molar-refractivity contribution < 1.29 is 28.5 Å². The lowest BCUT2D eigenvalue weighted by Gasteiger charge is -2.59. The van der Waals surface area contributed by atoms with Gasteiger partial charge in [-0.1, -0.05) is 29.8 Å². The first kappa shape index (κ1) is 26.7. The van der Waals surface area contributed by atoms with E-state index in [1.54, 1.807) is 24.1 Å². The van der Waals surface area contributed by atoms with Crippen LogP contribution in [0.15, 0.2) is 60.7 Å². The molecule has 0 aromatic heterocycles. The van der Waals surface area contributed by atoms with E-state index >= 15 is 0 Å². The van der Waals surface area contributed by atoms with Gasteiger partial charge in [0.25, 0.3) is 5.91 Å². The van der Waals surface area contributed by atoms with E-state index < -0.39 is 5.41 Å². The summed E-state index contributed by atoms with van der Waals surface area (Å²) in [6.45, 7) is 0.883. The Balaban J connectivity index is 1.42. The smallest absolute Gasteiger partial charge is 0.254 e. The summed E-state index contributed by atoms with van der Waals surface area (Å²) in [7, 11) is 6.16. The third-order valence-corrected chi connectivity index (χ3v) is 8.05. The van der Waals surface area contributed by atoms with Gasteiger partial charge < -0.3 is 28.7 Å². The molecule has 0 aliphatic carbocycles. The number of hydrogen-bond acceptors (Lipinski definition) is 6. The molecule has 2 fully saturated rings. The largest absolute Gasteiger partial charge is 0.497 e. The number of carbonyl (C=O) groups excluding carboxylic acids is 2. The van der Waals surface area contributed by atoms with Gasteiger partial charge in [0.15, 0.2) is 11.5 Å². The normalized spacial score (nSPS) is 18.0. The molecule has 8 nitrogen and oxygen atoms in total. The summed E-state index contributed by atoms with van der Waals surface area (Å²) in [5, 5.41) is 0.636. The number of hydrogen-bond donors (Lipinski definition) is 0. The summed E-state index contributed by atoms with van der Waals surface area (Å²) in [6, 6.07) is 18.3. The fourth-order valence-corrected chi connectivity index (χ4v) is 5.90. The third-order valence-electron chi connectivity index (χ3n) is 7.80. The maximum atomic E-state index is 13.9. The second-order valence-electron chi connectivity index (χ2n) is 9.69. The van der Waals surface area contributed by atoms with E-state index in [-0.39, 0.29) is 17.9 Å². The van der Waals surface area contributed by atoms with Crippen molar-refractivity contribution >= 4 is 29.1 Å². The van der Waals surface area contributed by atoms with Crippen molar-refractivity contribution in [2.75, 3.05) is 46.4 Å². The SMILES string of the molecule is COc1cccc(N2C(=O)C3(CCN(C(=O)c4cc(OC)c(OC)c(OC)c4)CC3)C2c2ccc(Cl)cc2)c1. The van der Waals surface area contributed by atoms with Crippen molar-refractivity contribution in [1.82, 2.24) is 4.90 Å². The molecule has 2 saturated heterocycles. The molecule has 2 heterocycles. The number of carbonyl (C=O) groups is 2. The number of amides is 2. The van der Waals surface area contributed by atoms with Crippen molar-refractivity contribution in [3.05, 3.63) is 76.8 Å². The molecule has 0 saturated carbocycles. The van der Waals surface area contributed by atoms with Crippen LogP contribution in [0.4, 0.5) is 5.69 Å². The van der Waals surface area contributed by atoms with Crippen LogP contribution in [0.3, 0.4) is 0 Å². The predicted octanol–water partition coefficient (Wildman–Crippen LogP) is 5.38. The average molecular weight is 551 g/mol. The maximum Gasteiger partial charge on any atom is 0.254 e. The summed E-state index contributed by atoms with van der Waals surface area (Å²) in [6.07, 6.45) is 1.07. The van der Waals surface area contributed by atoms with Gasteiger partial charge in [-0.2, -0.15) is 0 Å². The van der Waals surface area contributed by atoms with Gasteiger partial charge in [-0.15, -0.1) is 0 Å². The van der Waals surface area contributed by atoms with E-state index in [0.717, 1.165) is 11.3 Å². The molecule has 0 N–H and O–H groups in total. The van der Waals surface area contributed by atoms with Crippen molar-refractivity contribution in [2.24, 2.45) is 5.41 Å². The summed E-state index contributed by atoms with van der Waals surface area (Å²) < 4.78 is 21.7. The van der Waals surface area contributed by atoms with Gasteiger partial charge in [0.2, 0.25) is 11.7 Å². The van der Waals surface area contributed by atoms with Gasteiger partial charge in [-0.05, 0) is 54.8 Å². The second kappa shape index (κ2) is 10.7. The summed E-state index contributed by atoms with van der Waals surface area (Å²) in [4.78, 5) is 31.0. The van der Waals surface area contributed by atoms with Crippen LogP contribution in [-0.4, -0.2) is 58.2 Å². The van der Waals surface area contributed by atoms with Gasteiger partial charge >= 0.3 is 0 Å². The number of anilines is 1. The zero-order valence-corrected chi connectivity index (χ0v) is 23.2. The van der Waals surface area contributed by atoms with Crippen molar-refractivity contribution in [2.45, 2.75) is 18.9 Å². The Morgan fingerprint density at radius 1 is 0.872 bits per heavy atom. The molecule has 2 amide bonds. The minimum Gasteiger partial charge on any atom is -0.497 e. The molecular weight excluding hydrogens is 520 g/mol. The highest BCUT2D eigenvalue weighted by atomic mass is 35.5. The van der Waals surface area contributed by atoms with Crippen LogP contribution in [-0.2, 0) is 4.79 Å². The van der Waals surface area contributed by atoms with E-state index in [1.165, 1.54) is 21.3 Å². The number of halogens is 1. The predicted molar refractivity (Wildman–Crippen MR) is 148 cm³/mol. The molecule has 1 spiro atoms. The van der Waals surface area contributed by atoms with E-state index in [4.69, 9.17) is 30.5 Å². The number of ether oxygens (including phenoxy) is 4. The molecule has 9 heteroatoms. The summed E-state index contributed by atoms with van der Waals surface area (Å²) >= 11 is 6.18. The molecule has 204 valence electrons. The Morgan fingerprint density at radius 2 is 1.51 bits per heavy atom. The standard InChI is InChI=1S/C30H31ClN2O6/c1-36-23-7-5-6-22(18-23)33-27(19-8-10-21(31)11-9-19)30(29(33)35)12-14-32(15-13-30)28(34)20-16-24(37-2)26(39-4)25(17-20)38-3/h5-11,16-18,27H,12-15H2,1-4H3. The van der Waals surface area contributed by atoms with Crippen LogP contribution in [0.1, 0.15) is 34.8 Å². The highest BCUT2D eigenvalue weighted by molar-refractivity contribution is 6.30. The summed E-state index contributed by atoms with van der Waals surface area (Å²) in [5.74, 6) is 1.85. The molecule has 3 aromatic carbocycles. The summed E-state index contributed by atoms with van der Waals surface area (Å²) in [5.41, 5.74) is 1.60. The van der Waals surface area contributed by atoms with Gasteiger partial charge in [-0.25, -0.2) is 0 Å². The van der Waals surface area contributed by atoms with E-state index in [1.807, 2.05) is 53.4 Å². The lowest BCUT2D eigenvalue weighted by molar-refractivity contribution is -0.144. The van der Waals surface area contributed by atoms with Gasteiger partial charge in [-0.3, -0.25) is 9.59 Å². The Morgan fingerprint density at radius 3 is 2.08 bits per heavy atom. The van der Waals surface area contributed by atoms with E-state index in [9.17, 15) is 9.59 Å². The highest BCUT2D eigenvalue weighted by Crippen LogP contribution is 2.58. The number of nitrogens with zero attached hydrogens (tertiary/aromatic N) is 2. The lowest BCUT2D eigenvalue weighted by atomic mass is 9.62. The number of β-lactam (4-membered cyclic amide) rings is 1. The topological polar surface area (TPSA) is 77.5 Å². The minimum absolute atomic E-state index is 0.0515. The molecule has 39 heavy (non-hydrogen) atoms. The molecule has 3 aromatic rings. The second-order valence-corrected chi connectivity index (χ2v) is 10.1. The highest BCUT2D eigenvalue weighted by Gasteiger charge is 2.62. The molecular formula is C30H31ClN2O6. The number of piperidine rings is 1. The molecule has 0 radical (unpaired) electrons. The van der Waals surface area contributed by atoms with Crippen molar-refractivity contribution in [3.63, 3.8) is 0 Å². The van der Waals surface area contributed by atoms with Gasteiger partial charge in [0, 0.05) is 35.4 Å². The third kappa shape index (κ3) is 4.52. The monoisotopic (exact) mass is 550 g/mol. The maximum absolute atomic E-state index is 13.9. The van der Waals surface area contributed by atoms with Crippen LogP contribution < -0.4 is 23.8 Å². The molecule has 1 atom stereocenters. The zero-order valence-electron chi connectivity index (χ0n) is 22.4. The van der Waals surface area contributed by atoms with Crippen LogP contribution >= 0.6 is 11.6 Å². The molecule has 5 rings (SSSR count). The average Bonchev–Trinajstić information content (AvgIpc) is 2.99. The van der Waals surface area contributed by atoms with Gasteiger partial charge in [0.05, 0.1) is 39.9 Å². The first-order valence-corrected chi connectivity index (χ1v) is 13.1. The molecule has 2 aliphatic heterocycles. The molecule has 2 aliphatic rings. The Labute approximate surface area is 233 Å². The van der Waals surface area contributed by atoms with Gasteiger partial charge in [0.1, 0.15) is 5.75 Å². The van der Waals surface area contributed by atoms with Crippen LogP contribution in [0.2, 0.25) is 5.02 Å². The van der Waals surface area contributed by atoms with E-state index in [0.29, 0.717) is 59.5 Å². The first-order chi connectivity index (χ1) is 18.9. The molecule has 1 unspecified atom stereocenters. The van der Waals surface area contributed by atoms with Crippen LogP contribution in [0.5, 0.6) is 23.0 Å². The van der Waals surface area contributed by atoms with Crippen molar-refractivity contribution in [3.8, 4) is 23.0 Å². The Hall–Kier alpha value is -3.91.